The summed E-state index contributed by atoms with van der Waals surface area (Å²) in [6.45, 7) is 8.96. The molecular weight excluding hydrogens is 200 g/mol. The average molecular weight is 226 g/mol. The van der Waals surface area contributed by atoms with E-state index in [1.165, 1.54) is 38.8 Å². The summed E-state index contributed by atoms with van der Waals surface area (Å²) in [6, 6.07) is 2.17. The van der Waals surface area contributed by atoms with Gasteiger partial charge in [0.15, 0.2) is 0 Å². The minimum atomic E-state index is 0.625. The lowest BCUT2D eigenvalue weighted by Gasteiger charge is -2.39. The Morgan fingerprint density at radius 2 is 1.69 bits per heavy atom. The van der Waals surface area contributed by atoms with Crippen LogP contribution >= 0.6 is 0 Å². The molecular formula is C13H26N2O. The van der Waals surface area contributed by atoms with Crippen LogP contribution in [0.5, 0.6) is 0 Å². The molecule has 0 aromatic rings. The third kappa shape index (κ3) is 3.44. The molecule has 0 saturated carbocycles. The Bertz CT molecular complexity index is 194. The first-order chi connectivity index (χ1) is 7.75. The molecule has 1 N–H and O–H groups in total. The van der Waals surface area contributed by atoms with E-state index in [4.69, 9.17) is 4.74 Å². The molecule has 16 heavy (non-hydrogen) atoms. The molecule has 2 saturated heterocycles. The quantitative estimate of drug-likeness (QED) is 0.791. The molecule has 3 nitrogen and oxygen atoms in total. The average Bonchev–Trinajstić information content (AvgIpc) is 2.30. The fraction of sp³-hybridized carbons (Fsp3) is 1.00. The van der Waals surface area contributed by atoms with Gasteiger partial charge in [-0.05, 0) is 38.8 Å². The number of ether oxygens (including phenoxy) is 1. The van der Waals surface area contributed by atoms with E-state index >= 15 is 0 Å². The molecule has 94 valence electrons. The van der Waals surface area contributed by atoms with Crippen LogP contribution in [0.4, 0.5) is 0 Å². The van der Waals surface area contributed by atoms with Crippen LogP contribution in [0.15, 0.2) is 0 Å². The zero-order valence-electron chi connectivity index (χ0n) is 10.7. The Morgan fingerprint density at radius 3 is 2.25 bits per heavy atom. The molecule has 2 rings (SSSR count). The van der Waals surface area contributed by atoms with Crippen molar-refractivity contribution in [2.45, 2.75) is 57.7 Å². The van der Waals surface area contributed by atoms with Crippen LogP contribution in [0.25, 0.3) is 0 Å². The van der Waals surface area contributed by atoms with E-state index in [0.29, 0.717) is 6.04 Å². The lowest BCUT2D eigenvalue weighted by atomic mass is 9.99. The van der Waals surface area contributed by atoms with Crippen molar-refractivity contribution in [2.24, 2.45) is 0 Å². The summed E-state index contributed by atoms with van der Waals surface area (Å²) in [7, 11) is 0. The molecule has 0 spiro atoms. The summed E-state index contributed by atoms with van der Waals surface area (Å²) in [5.74, 6) is 0. The van der Waals surface area contributed by atoms with Gasteiger partial charge in [0.1, 0.15) is 0 Å². The van der Waals surface area contributed by atoms with Crippen molar-refractivity contribution in [1.82, 2.24) is 10.2 Å². The SMILES string of the molecule is CC(C)NC1CCN(C2CCOCC2)CC1. The third-order valence-corrected chi connectivity index (χ3v) is 3.81. The van der Waals surface area contributed by atoms with Crippen LogP contribution in [0.3, 0.4) is 0 Å². The predicted octanol–water partition coefficient (Wildman–Crippen LogP) is 1.63. The van der Waals surface area contributed by atoms with Gasteiger partial charge in [-0.3, -0.25) is 0 Å². The van der Waals surface area contributed by atoms with Crippen LogP contribution in [-0.2, 0) is 4.74 Å². The van der Waals surface area contributed by atoms with Crippen molar-refractivity contribution in [1.29, 1.82) is 0 Å². The van der Waals surface area contributed by atoms with Crippen molar-refractivity contribution >= 4 is 0 Å². The maximum atomic E-state index is 5.43. The number of likely N-dealkylation sites (tertiary alicyclic amines) is 1. The van der Waals surface area contributed by atoms with E-state index in [0.717, 1.165) is 25.3 Å². The molecule has 2 aliphatic heterocycles. The summed E-state index contributed by atoms with van der Waals surface area (Å²) >= 11 is 0. The van der Waals surface area contributed by atoms with E-state index in [9.17, 15) is 0 Å². The van der Waals surface area contributed by atoms with Crippen molar-refractivity contribution in [3.05, 3.63) is 0 Å². The molecule has 0 atom stereocenters. The maximum absolute atomic E-state index is 5.43. The number of nitrogens with zero attached hydrogens (tertiary/aromatic N) is 1. The Balaban J connectivity index is 1.71. The first kappa shape index (κ1) is 12.3. The van der Waals surface area contributed by atoms with Crippen LogP contribution in [0, 0.1) is 0 Å². The van der Waals surface area contributed by atoms with Gasteiger partial charge in [0.25, 0.3) is 0 Å². The normalized spacial score (nSPS) is 26.4. The van der Waals surface area contributed by atoms with Crippen molar-refractivity contribution in [3.63, 3.8) is 0 Å². The Kier molecular flexibility index (Phi) is 4.62. The van der Waals surface area contributed by atoms with Crippen LogP contribution in [0.1, 0.15) is 39.5 Å². The van der Waals surface area contributed by atoms with Crippen molar-refractivity contribution < 1.29 is 4.74 Å². The number of piperidine rings is 1. The summed E-state index contributed by atoms with van der Waals surface area (Å²) in [4.78, 5) is 2.68. The molecule has 0 aliphatic carbocycles. The number of hydrogen-bond donors (Lipinski definition) is 1. The molecule has 0 amide bonds. The zero-order valence-corrected chi connectivity index (χ0v) is 10.7. The highest BCUT2D eigenvalue weighted by molar-refractivity contribution is 4.83. The van der Waals surface area contributed by atoms with E-state index in [-0.39, 0.29) is 0 Å². The van der Waals surface area contributed by atoms with Gasteiger partial charge in [-0.15, -0.1) is 0 Å². The Hall–Kier alpha value is -0.120. The maximum Gasteiger partial charge on any atom is 0.0480 e. The van der Waals surface area contributed by atoms with E-state index in [1.54, 1.807) is 0 Å². The molecule has 0 radical (unpaired) electrons. The largest absolute Gasteiger partial charge is 0.381 e. The summed E-state index contributed by atoms with van der Waals surface area (Å²) < 4.78 is 5.43. The van der Waals surface area contributed by atoms with Gasteiger partial charge in [0, 0.05) is 31.3 Å². The lowest BCUT2D eigenvalue weighted by molar-refractivity contribution is 0.0235. The molecule has 3 heteroatoms. The molecule has 2 fully saturated rings. The van der Waals surface area contributed by atoms with Gasteiger partial charge in [-0.2, -0.15) is 0 Å². The van der Waals surface area contributed by atoms with E-state index in [2.05, 4.69) is 24.1 Å². The highest BCUT2D eigenvalue weighted by Gasteiger charge is 2.26. The van der Waals surface area contributed by atoms with Crippen molar-refractivity contribution in [3.8, 4) is 0 Å². The summed E-state index contributed by atoms with van der Waals surface area (Å²) in [6.07, 6.45) is 5.11. The van der Waals surface area contributed by atoms with E-state index in [1.807, 2.05) is 0 Å². The molecule has 0 aromatic heterocycles. The van der Waals surface area contributed by atoms with Crippen molar-refractivity contribution in [2.75, 3.05) is 26.3 Å². The van der Waals surface area contributed by atoms with Gasteiger partial charge >= 0.3 is 0 Å². The molecule has 2 heterocycles. The highest BCUT2D eigenvalue weighted by atomic mass is 16.5. The van der Waals surface area contributed by atoms with Crippen LogP contribution < -0.4 is 5.32 Å². The van der Waals surface area contributed by atoms with Crippen LogP contribution in [0.2, 0.25) is 0 Å². The number of nitrogens with one attached hydrogen (secondary N) is 1. The smallest absolute Gasteiger partial charge is 0.0480 e. The molecule has 0 bridgehead atoms. The first-order valence-electron chi connectivity index (χ1n) is 6.83. The molecule has 0 aromatic carbocycles. The first-order valence-corrected chi connectivity index (χ1v) is 6.83. The van der Waals surface area contributed by atoms with Crippen LogP contribution in [-0.4, -0.2) is 49.3 Å². The topological polar surface area (TPSA) is 24.5 Å². The molecule has 0 unspecified atom stereocenters. The van der Waals surface area contributed by atoms with Gasteiger partial charge < -0.3 is 15.0 Å². The summed E-state index contributed by atoms with van der Waals surface area (Å²) in [5.41, 5.74) is 0. The number of rotatable bonds is 3. The minimum Gasteiger partial charge on any atom is -0.381 e. The monoisotopic (exact) mass is 226 g/mol. The highest BCUT2D eigenvalue weighted by Crippen LogP contribution is 2.19. The second-order valence-corrected chi connectivity index (χ2v) is 5.48. The lowest BCUT2D eigenvalue weighted by Crippen LogP contribution is -2.49. The standard InChI is InChI=1S/C13H26N2O/c1-11(2)14-12-3-7-15(8-4-12)13-5-9-16-10-6-13/h11-14H,3-10H2,1-2H3. The fourth-order valence-corrected chi connectivity index (χ4v) is 2.95. The fourth-order valence-electron chi connectivity index (χ4n) is 2.95. The number of hydrogen-bond acceptors (Lipinski definition) is 3. The second-order valence-electron chi connectivity index (χ2n) is 5.48. The second kappa shape index (κ2) is 5.99. The van der Waals surface area contributed by atoms with Gasteiger partial charge in [-0.25, -0.2) is 0 Å². The van der Waals surface area contributed by atoms with Gasteiger partial charge in [0.2, 0.25) is 0 Å². The van der Waals surface area contributed by atoms with E-state index < -0.39 is 0 Å². The zero-order chi connectivity index (χ0) is 11.4. The third-order valence-electron chi connectivity index (χ3n) is 3.81. The minimum absolute atomic E-state index is 0.625. The van der Waals surface area contributed by atoms with Gasteiger partial charge in [-0.1, -0.05) is 13.8 Å². The predicted molar refractivity (Wildman–Crippen MR) is 66.7 cm³/mol. The van der Waals surface area contributed by atoms with Gasteiger partial charge in [0.05, 0.1) is 0 Å². The Morgan fingerprint density at radius 1 is 1.06 bits per heavy atom. The molecule has 2 aliphatic rings. The Labute approximate surface area is 99.5 Å². The summed E-state index contributed by atoms with van der Waals surface area (Å²) in [5, 5.41) is 3.65.